The number of hydrogen-bond acceptors (Lipinski definition) is 4. The number of benzene rings is 1. The lowest BCUT2D eigenvalue weighted by atomic mass is 10.0. The van der Waals surface area contributed by atoms with Crippen LogP contribution in [0.15, 0.2) is 24.3 Å². The van der Waals surface area contributed by atoms with Gasteiger partial charge in [0.2, 0.25) is 11.8 Å². The smallest absolute Gasteiger partial charge is 0.308 e. The molecule has 0 aromatic heterocycles. The van der Waals surface area contributed by atoms with Crippen LogP contribution < -0.4 is 10.1 Å². The number of nitrogens with zero attached hydrogens (tertiary/aromatic N) is 1. The standard InChI is InChI=1S/C17H22N2O5/c1-11(20)18-15(12-3-5-14(24-2)6-4-12)9-16(21)19-8-7-13(10-19)17(22)23/h3-6,13,15H,7-10H2,1-2H3,(H,18,20)(H,22,23)/t13-,15+/m0/s1. The van der Waals surface area contributed by atoms with Gasteiger partial charge in [0.05, 0.1) is 25.5 Å². The van der Waals surface area contributed by atoms with E-state index in [1.165, 1.54) is 6.92 Å². The van der Waals surface area contributed by atoms with Crippen molar-refractivity contribution >= 4 is 17.8 Å². The zero-order valence-electron chi connectivity index (χ0n) is 13.8. The van der Waals surface area contributed by atoms with Crippen LogP contribution in [0.4, 0.5) is 0 Å². The second kappa shape index (κ2) is 7.81. The monoisotopic (exact) mass is 334 g/mol. The van der Waals surface area contributed by atoms with E-state index in [0.29, 0.717) is 18.7 Å². The molecule has 1 aromatic carbocycles. The van der Waals surface area contributed by atoms with Gasteiger partial charge >= 0.3 is 5.97 Å². The molecule has 7 heteroatoms. The maximum atomic E-state index is 12.5. The maximum absolute atomic E-state index is 12.5. The molecule has 7 nitrogen and oxygen atoms in total. The van der Waals surface area contributed by atoms with Gasteiger partial charge in [0.25, 0.3) is 0 Å². The Labute approximate surface area is 140 Å². The molecule has 0 spiro atoms. The number of methoxy groups -OCH3 is 1. The van der Waals surface area contributed by atoms with Gasteiger partial charge in [-0.1, -0.05) is 12.1 Å². The predicted octanol–water partition coefficient (Wildman–Crippen LogP) is 1.20. The second-order valence-electron chi connectivity index (χ2n) is 5.89. The normalized spacial score (nSPS) is 18.1. The summed E-state index contributed by atoms with van der Waals surface area (Å²) in [6, 6.07) is 6.69. The summed E-state index contributed by atoms with van der Waals surface area (Å²) in [5.74, 6) is -1.08. The first-order chi connectivity index (χ1) is 11.4. The number of carbonyl (C=O) groups excluding carboxylic acids is 2. The van der Waals surface area contributed by atoms with E-state index in [-0.39, 0.29) is 24.8 Å². The molecule has 1 aliphatic rings. The predicted molar refractivity (Wildman–Crippen MR) is 86.5 cm³/mol. The van der Waals surface area contributed by atoms with Crippen LogP contribution in [0.2, 0.25) is 0 Å². The van der Waals surface area contributed by atoms with Gasteiger partial charge in [0.15, 0.2) is 0 Å². The Morgan fingerprint density at radius 2 is 2.00 bits per heavy atom. The van der Waals surface area contributed by atoms with E-state index in [4.69, 9.17) is 9.84 Å². The highest BCUT2D eigenvalue weighted by Crippen LogP contribution is 2.23. The number of carboxylic acids is 1. The van der Waals surface area contributed by atoms with E-state index >= 15 is 0 Å². The molecule has 1 fully saturated rings. The first-order valence-electron chi connectivity index (χ1n) is 7.82. The molecular weight excluding hydrogens is 312 g/mol. The summed E-state index contributed by atoms with van der Waals surface area (Å²) in [7, 11) is 1.57. The van der Waals surface area contributed by atoms with Crippen LogP contribution in [0.25, 0.3) is 0 Å². The fraction of sp³-hybridized carbons (Fsp3) is 0.471. The minimum absolute atomic E-state index is 0.0955. The fourth-order valence-corrected chi connectivity index (χ4v) is 2.83. The van der Waals surface area contributed by atoms with Crippen molar-refractivity contribution in [1.29, 1.82) is 0 Å². The summed E-state index contributed by atoms with van der Waals surface area (Å²) in [5, 5.41) is 11.8. The molecule has 0 unspecified atom stereocenters. The van der Waals surface area contributed by atoms with Crippen LogP contribution in [0, 0.1) is 5.92 Å². The summed E-state index contributed by atoms with van der Waals surface area (Å²) in [6.07, 6.45) is 0.562. The molecule has 130 valence electrons. The van der Waals surface area contributed by atoms with E-state index in [2.05, 4.69) is 5.32 Å². The van der Waals surface area contributed by atoms with Gasteiger partial charge in [0.1, 0.15) is 5.75 Å². The molecule has 0 saturated carbocycles. The second-order valence-corrected chi connectivity index (χ2v) is 5.89. The van der Waals surface area contributed by atoms with Gasteiger partial charge in [-0.25, -0.2) is 0 Å². The van der Waals surface area contributed by atoms with Crippen LogP contribution in [-0.4, -0.2) is 48.0 Å². The molecule has 1 aromatic rings. The first kappa shape index (κ1) is 17.8. The average molecular weight is 334 g/mol. The summed E-state index contributed by atoms with van der Waals surface area (Å²) in [4.78, 5) is 36.5. The van der Waals surface area contributed by atoms with Crippen LogP contribution >= 0.6 is 0 Å². The Kier molecular flexibility index (Phi) is 5.78. The van der Waals surface area contributed by atoms with Crippen LogP contribution in [-0.2, 0) is 14.4 Å². The van der Waals surface area contributed by atoms with Crippen molar-refractivity contribution in [3.05, 3.63) is 29.8 Å². The van der Waals surface area contributed by atoms with Crippen LogP contribution in [0.3, 0.4) is 0 Å². The van der Waals surface area contributed by atoms with Crippen molar-refractivity contribution in [1.82, 2.24) is 10.2 Å². The summed E-state index contributed by atoms with van der Waals surface area (Å²) in [6.45, 7) is 2.06. The van der Waals surface area contributed by atoms with Crippen molar-refractivity contribution in [3.8, 4) is 5.75 Å². The van der Waals surface area contributed by atoms with Crippen LogP contribution in [0.5, 0.6) is 5.75 Å². The van der Waals surface area contributed by atoms with Crippen molar-refractivity contribution in [2.75, 3.05) is 20.2 Å². The number of carboxylic acid groups (broad SMARTS) is 1. The number of amides is 2. The summed E-state index contributed by atoms with van der Waals surface area (Å²) < 4.78 is 5.11. The van der Waals surface area contributed by atoms with Gasteiger partial charge < -0.3 is 20.1 Å². The first-order valence-corrected chi connectivity index (χ1v) is 7.82. The Morgan fingerprint density at radius 3 is 2.50 bits per heavy atom. The number of ether oxygens (including phenoxy) is 1. The Hall–Kier alpha value is -2.57. The highest BCUT2D eigenvalue weighted by Gasteiger charge is 2.32. The lowest BCUT2D eigenvalue weighted by Gasteiger charge is -2.22. The molecule has 1 saturated heterocycles. The third-order valence-electron chi connectivity index (χ3n) is 4.16. The number of carbonyl (C=O) groups is 3. The van der Waals surface area contributed by atoms with E-state index in [9.17, 15) is 14.4 Å². The number of rotatable bonds is 6. The highest BCUT2D eigenvalue weighted by atomic mass is 16.5. The van der Waals surface area contributed by atoms with Gasteiger partial charge in [0, 0.05) is 20.0 Å². The molecule has 1 heterocycles. The SMILES string of the molecule is COc1ccc([C@@H](CC(=O)N2CC[C@H](C(=O)O)C2)NC(C)=O)cc1. The van der Waals surface area contributed by atoms with Crippen molar-refractivity contribution in [2.45, 2.75) is 25.8 Å². The lowest BCUT2D eigenvalue weighted by molar-refractivity contribution is -0.141. The average Bonchev–Trinajstić information content (AvgIpc) is 3.04. The third kappa shape index (κ3) is 4.47. The lowest BCUT2D eigenvalue weighted by Crippen LogP contribution is -2.35. The van der Waals surface area contributed by atoms with Gasteiger partial charge in [-0.15, -0.1) is 0 Å². The largest absolute Gasteiger partial charge is 0.497 e. The summed E-state index contributed by atoms with van der Waals surface area (Å²) >= 11 is 0. The molecule has 0 radical (unpaired) electrons. The van der Waals surface area contributed by atoms with Gasteiger partial charge in [-0.05, 0) is 24.1 Å². The number of aliphatic carboxylic acids is 1. The zero-order chi connectivity index (χ0) is 17.7. The number of nitrogens with one attached hydrogen (secondary N) is 1. The Balaban J connectivity index is 2.06. The topological polar surface area (TPSA) is 95.9 Å². The molecule has 2 atom stereocenters. The summed E-state index contributed by atoms with van der Waals surface area (Å²) in [5.41, 5.74) is 0.799. The van der Waals surface area contributed by atoms with E-state index < -0.39 is 17.9 Å². The molecule has 2 amide bonds. The molecule has 1 aliphatic heterocycles. The Bertz CT molecular complexity index is 614. The molecule has 2 rings (SSSR count). The van der Waals surface area contributed by atoms with Crippen molar-refractivity contribution in [2.24, 2.45) is 5.92 Å². The van der Waals surface area contributed by atoms with Crippen LogP contribution in [0.1, 0.15) is 31.4 Å². The van der Waals surface area contributed by atoms with E-state index in [1.54, 1.807) is 36.3 Å². The third-order valence-corrected chi connectivity index (χ3v) is 4.16. The highest BCUT2D eigenvalue weighted by molar-refractivity contribution is 5.80. The van der Waals surface area contributed by atoms with Gasteiger partial charge in [-0.3, -0.25) is 14.4 Å². The van der Waals surface area contributed by atoms with Gasteiger partial charge in [-0.2, -0.15) is 0 Å². The number of likely N-dealkylation sites (tertiary alicyclic amines) is 1. The van der Waals surface area contributed by atoms with Crippen molar-refractivity contribution < 1.29 is 24.2 Å². The fourth-order valence-electron chi connectivity index (χ4n) is 2.83. The number of hydrogen-bond donors (Lipinski definition) is 2. The van der Waals surface area contributed by atoms with E-state index in [0.717, 1.165) is 5.56 Å². The van der Waals surface area contributed by atoms with Crippen molar-refractivity contribution in [3.63, 3.8) is 0 Å². The zero-order valence-corrected chi connectivity index (χ0v) is 13.8. The minimum Gasteiger partial charge on any atom is -0.497 e. The molecule has 2 N–H and O–H groups in total. The van der Waals surface area contributed by atoms with E-state index in [1.807, 2.05) is 0 Å². The molecule has 0 bridgehead atoms. The molecular formula is C17H22N2O5. The quantitative estimate of drug-likeness (QED) is 0.815. The Morgan fingerprint density at radius 1 is 1.33 bits per heavy atom. The maximum Gasteiger partial charge on any atom is 0.308 e. The minimum atomic E-state index is -0.876. The molecule has 0 aliphatic carbocycles. The molecule has 24 heavy (non-hydrogen) atoms.